The molecular weight excluding hydrogens is 224 g/mol. The quantitative estimate of drug-likeness (QED) is 0.545. The van der Waals surface area contributed by atoms with Crippen LogP contribution in [0.5, 0.6) is 0 Å². The van der Waals surface area contributed by atoms with Crippen molar-refractivity contribution in [3.05, 3.63) is 23.8 Å². The molecule has 2 nitrogen and oxygen atoms in total. The Hall–Kier alpha value is -1.05. The van der Waals surface area contributed by atoms with Crippen LogP contribution in [0.3, 0.4) is 0 Å². The first-order valence-electron chi connectivity index (χ1n) is 6.84. The van der Waals surface area contributed by atoms with Gasteiger partial charge in [-0.15, -0.1) is 6.58 Å². The molecule has 1 atom stereocenters. The van der Waals surface area contributed by atoms with Gasteiger partial charge in [-0.2, -0.15) is 0 Å². The molecule has 102 valence electrons. The molecule has 0 radical (unpaired) electrons. The number of ether oxygens (including phenoxy) is 1. The molecule has 18 heavy (non-hydrogen) atoms. The molecule has 0 aliphatic heterocycles. The highest BCUT2D eigenvalue weighted by molar-refractivity contribution is 5.75. The minimum Gasteiger partial charge on any atom is -0.458 e. The van der Waals surface area contributed by atoms with Gasteiger partial charge in [-0.25, -0.2) is 0 Å². The van der Waals surface area contributed by atoms with E-state index in [9.17, 15) is 4.79 Å². The Labute approximate surface area is 111 Å². The number of hydrogen-bond acceptors (Lipinski definition) is 2. The van der Waals surface area contributed by atoms with E-state index in [-0.39, 0.29) is 12.1 Å². The number of esters is 1. The van der Waals surface area contributed by atoms with Crippen molar-refractivity contribution in [3.8, 4) is 0 Å². The third-order valence-corrected chi connectivity index (χ3v) is 3.15. The number of carbonyl (C=O) groups excluding carboxylic acids is 1. The van der Waals surface area contributed by atoms with E-state index in [1.54, 1.807) is 0 Å². The summed E-state index contributed by atoms with van der Waals surface area (Å²) >= 11 is 0. The van der Waals surface area contributed by atoms with Crippen LogP contribution in [-0.2, 0) is 9.53 Å². The fourth-order valence-corrected chi connectivity index (χ4v) is 1.95. The van der Waals surface area contributed by atoms with Crippen LogP contribution in [0.2, 0.25) is 0 Å². The molecule has 0 saturated heterocycles. The molecule has 0 N–H and O–H groups in total. The predicted octanol–water partition coefficient (Wildman–Crippen LogP) is 4.41. The maximum atomic E-state index is 11.8. The molecule has 0 aromatic rings. The van der Waals surface area contributed by atoms with Gasteiger partial charge in [0.25, 0.3) is 0 Å². The molecular formula is C16H26O2. The Bertz CT molecular complexity index is 345. The van der Waals surface area contributed by atoms with Crippen LogP contribution >= 0.6 is 0 Å². The SMILES string of the molecule is C=C(C)CCC1=CC(OC(=O)C(C)(C)C)CCC1. The van der Waals surface area contributed by atoms with E-state index in [2.05, 4.69) is 19.6 Å². The van der Waals surface area contributed by atoms with Gasteiger partial charge in [0.05, 0.1) is 5.41 Å². The third kappa shape index (κ3) is 5.07. The summed E-state index contributed by atoms with van der Waals surface area (Å²) in [5, 5.41) is 0. The zero-order valence-corrected chi connectivity index (χ0v) is 12.2. The number of rotatable bonds is 4. The van der Waals surface area contributed by atoms with Gasteiger partial charge >= 0.3 is 5.97 Å². The summed E-state index contributed by atoms with van der Waals surface area (Å²) in [7, 11) is 0. The largest absolute Gasteiger partial charge is 0.458 e. The normalized spacial score (nSPS) is 20.2. The third-order valence-electron chi connectivity index (χ3n) is 3.15. The summed E-state index contributed by atoms with van der Waals surface area (Å²) in [6, 6.07) is 0. The van der Waals surface area contributed by atoms with E-state index in [1.165, 1.54) is 11.1 Å². The van der Waals surface area contributed by atoms with Gasteiger partial charge in [-0.05, 0) is 65.9 Å². The average Bonchev–Trinajstić information content (AvgIpc) is 2.25. The van der Waals surface area contributed by atoms with Crippen LogP contribution in [0.15, 0.2) is 23.8 Å². The molecule has 0 bridgehead atoms. The summed E-state index contributed by atoms with van der Waals surface area (Å²) in [6.07, 6.45) is 7.42. The molecule has 1 unspecified atom stereocenters. The van der Waals surface area contributed by atoms with Gasteiger partial charge < -0.3 is 4.74 Å². The molecule has 0 amide bonds. The number of hydrogen-bond donors (Lipinski definition) is 0. The zero-order valence-electron chi connectivity index (χ0n) is 12.2. The molecule has 0 aromatic heterocycles. The second-order valence-corrected chi connectivity index (χ2v) is 6.37. The van der Waals surface area contributed by atoms with Gasteiger partial charge in [-0.1, -0.05) is 11.1 Å². The maximum Gasteiger partial charge on any atom is 0.311 e. The Balaban J connectivity index is 2.54. The second kappa shape index (κ2) is 6.21. The Kier molecular flexibility index (Phi) is 5.18. The van der Waals surface area contributed by atoms with E-state index >= 15 is 0 Å². The van der Waals surface area contributed by atoms with Crippen LogP contribution in [-0.4, -0.2) is 12.1 Å². The summed E-state index contributed by atoms with van der Waals surface area (Å²) in [6.45, 7) is 11.7. The molecule has 0 spiro atoms. The van der Waals surface area contributed by atoms with Crippen molar-refractivity contribution in [3.63, 3.8) is 0 Å². The highest BCUT2D eigenvalue weighted by Gasteiger charge is 2.26. The Morgan fingerprint density at radius 3 is 2.72 bits per heavy atom. The fourth-order valence-electron chi connectivity index (χ4n) is 1.95. The second-order valence-electron chi connectivity index (χ2n) is 6.37. The van der Waals surface area contributed by atoms with Crippen LogP contribution in [0, 0.1) is 5.41 Å². The van der Waals surface area contributed by atoms with Crippen LogP contribution in [0.4, 0.5) is 0 Å². The Morgan fingerprint density at radius 1 is 1.50 bits per heavy atom. The van der Waals surface area contributed by atoms with Crippen molar-refractivity contribution in [1.29, 1.82) is 0 Å². The molecule has 2 heteroatoms. The highest BCUT2D eigenvalue weighted by Crippen LogP contribution is 2.26. The van der Waals surface area contributed by atoms with Crippen LogP contribution < -0.4 is 0 Å². The van der Waals surface area contributed by atoms with E-state index in [1.807, 2.05) is 20.8 Å². The van der Waals surface area contributed by atoms with Crippen molar-refractivity contribution in [2.24, 2.45) is 5.41 Å². The lowest BCUT2D eigenvalue weighted by atomic mass is 9.92. The summed E-state index contributed by atoms with van der Waals surface area (Å²) in [4.78, 5) is 11.8. The molecule has 0 heterocycles. The minimum atomic E-state index is -0.414. The Morgan fingerprint density at radius 2 is 2.17 bits per heavy atom. The molecule has 1 aliphatic rings. The maximum absolute atomic E-state index is 11.8. The van der Waals surface area contributed by atoms with Gasteiger partial charge in [0.15, 0.2) is 0 Å². The monoisotopic (exact) mass is 250 g/mol. The number of allylic oxidation sites excluding steroid dienone is 2. The standard InChI is InChI=1S/C16H26O2/c1-12(2)9-10-13-7-6-8-14(11-13)18-15(17)16(3,4)5/h11,14H,1,6-10H2,2-5H3. The first kappa shape index (κ1) is 15.0. The molecule has 0 fully saturated rings. The molecule has 0 aromatic carbocycles. The van der Waals surface area contributed by atoms with Crippen molar-refractivity contribution in [1.82, 2.24) is 0 Å². The molecule has 0 saturated carbocycles. The summed E-state index contributed by atoms with van der Waals surface area (Å²) in [5.74, 6) is -0.107. The van der Waals surface area contributed by atoms with E-state index in [0.29, 0.717) is 0 Å². The average molecular weight is 250 g/mol. The number of carbonyl (C=O) groups is 1. The van der Waals surface area contributed by atoms with Crippen molar-refractivity contribution in [2.75, 3.05) is 0 Å². The lowest BCUT2D eigenvalue weighted by molar-refractivity contribution is -0.156. The van der Waals surface area contributed by atoms with E-state index in [0.717, 1.165) is 32.1 Å². The van der Waals surface area contributed by atoms with Gasteiger partial charge in [-0.3, -0.25) is 4.79 Å². The van der Waals surface area contributed by atoms with Gasteiger partial charge in [0, 0.05) is 0 Å². The minimum absolute atomic E-state index is 0.0226. The lowest BCUT2D eigenvalue weighted by Gasteiger charge is -2.25. The van der Waals surface area contributed by atoms with Crippen molar-refractivity contribution < 1.29 is 9.53 Å². The van der Waals surface area contributed by atoms with Gasteiger partial charge in [0.2, 0.25) is 0 Å². The molecule has 1 rings (SSSR count). The molecule has 1 aliphatic carbocycles. The topological polar surface area (TPSA) is 26.3 Å². The smallest absolute Gasteiger partial charge is 0.311 e. The predicted molar refractivity (Wildman–Crippen MR) is 75.3 cm³/mol. The lowest BCUT2D eigenvalue weighted by Crippen LogP contribution is -2.28. The van der Waals surface area contributed by atoms with E-state index < -0.39 is 5.41 Å². The van der Waals surface area contributed by atoms with Crippen molar-refractivity contribution in [2.45, 2.75) is 65.9 Å². The first-order valence-corrected chi connectivity index (χ1v) is 6.84. The zero-order chi connectivity index (χ0) is 13.8. The summed E-state index contributed by atoms with van der Waals surface area (Å²) < 4.78 is 5.56. The van der Waals surface area contributed by atoms with Gasteiger partial charge in [0.1, 0.15) is 6.10 Å². The fraction of sp³-hybridized carbons (Fsp3) is 0.688. The van der Waals surface area contributed by atoms with E-state index in [4.69, 9.17) is 4.74 Å². The van der Waals surface area contributed by atoms with Crippen LogP contribution in [0.1, 0.15) is 59.8 Å². The summed E-state index contributed by atoms with van der Waals surface area (Å²) in [5.41, 5.74) is 2.21. The highest BCUT2D eigenvalue weighted by atomic mass is 16.5. The first-order chi connectivity index (χ1) is 8.29. The van der Waals surface area contributed by atoms with Crippen LogP contribution in [0.25, 0.3) is 0 Å². The van der Waals surface area contributed by atoms with Crippen molar-refractivity contribution >= 4 is 5.97 Å².